The van der Waals surface area contributed by atoms with Gasteiger partial charge in [-0.1, -0.05) is 23.7 Å². The first-order valence-electron chi connectivity index (χ1n) is 7.94. The molecule has 2 heterocycles. The van der Waals surface area contributed by atoms with E-state index in [1.165, 1.54) is 0 Å². The first kappa shape index (κ1) is 17.8. The highest BCUT2D eigenvalue weighted by Gasteiger charge is 2.11. The van der Waals surface area contributed by atoms with Gasteiger partial charge in [-0.2, -0.15) is 5.10 Å². The monoisotopic (exact) mass is 378 g/mol. The van der Waals surface area contributed by atoms with Crippen molar-refractivity contribution >= 4 is 27.3 Å². The van der Waals surface area contributed by atoms with Crippen LogP contribution in [-0.2, 0) is 22.2 Å². The third kappa shape index (κ3) is 5.01. The van der Waals surface area contributed by atoms with Crippen molar-refractivity contribution in [1.82, 2.24) is 19.3 Å². The summed E-state index contributed by atoms with van der Waals surface area (Å²) in [5.74, 6) is -0.0758. The minimum Gasteiger partial charge on any atom is -0.237 e. The quantitative estimate of drug-likeness (QED) is 0.641. The first-order valence-corrected chi connectivity index (χ1v) is 9.97. The van der Waals surface area contributed by atoms with Crippen molar-refractivity contribution in [3.8, 4) is 0 Å². The molecule has 0 saturated heterocycles. The maximum atomic E-state index is 12.1. The molecule has 3 aromatic rings. The molecule has 25 heavy (non-hydrogen) atoms. The molecular weight excluding hydrogens is 360 g/mol. The van der Waals surface area contributed by atoms with Gasteiger partial charge in [0.15, 0.2) is 5.65 Å². The Morgan fingerprint density at radius 3 is 2.88 bits per heavy atom. The van der Waals surface area contributed by atoms with Gasteiger partial charge in [-0.05, 0) is 43.0 Å². The summed E-state index contributed by atoms with van der Waals surface area (Å²) in [6.45, 7) is 2.29. The number of nitrogens with zero attached hydrogens (tertiary/aromatic N) is 3. The Labute approximate surface area is 151 Å². The largest absolute Gasteiger partial charge is 0.237 e. The Bertz CT molecular complexity index is 985. The maximum Gasteiger partial charge on any atom is 0.215 e. The summed E-state index contributed by atoms with van der Waals surface area (Å²) < 4.78 is 28.6. The predicted octanol–water partition coefficient (Wildman–Crippen LogP) is 2.74. The number of nitrogens with one attached hydrogen (secondary N) is 1. The Kier molecular flexibility index (Phi) is 5.36. The van der Waals surface area contributed by atoms with Gasteiger partial charge in [0.2, 0.25) is 10.0 Å². The van der Waals surface area contributed by atoms with Crippen LogP contribution in [0.3, 0.4) is 0 Å². The number of halogens is 1. The fraction of sp³-hybridized carbons (Fsp3) is 0.294. The predicted molar refractivity (Wildman–Crippen MR) is 98.1 cm³/mol. The average molecular weight is 379 g/mol. The summed E-state index contributed by atoms with van der Waals surface area (Å²) in [6, 6.07) is 8.78. The van der Waals surface area contributed by atoms with Crippen molar-refractivity contribution in [2.75, 3.05) is 6.54 Å². The maximum absolute atomic E-state index is 12.1. The second-order valence-electron chi connectivity index (χ2n) is 5.94. The van der Waals surface area contributed by atoms with Gasteiger partial charge < -0.3 is 0 Å². The van der Waals surface area contributed by atoms with E-state index in [0.29, 0.717) is 23.6 Å². The Morgan fingerprint density at radius 2 is 2.08 bits per heavy atom. The van der Waals surface area contributed by atoms with Crippen molar-refractivity contribution in [2.45, 2.75) is 25.5 Å². The molecule has 0 amide bonds. The lowest BCUT2D eigenvalue weighted by atomic mass is 10.2. The Morgan fingerprint density at radius 1 is 1.24 bits per heavy atom. The molecule has 0 radical (unpaired) electrons. The number of hydrogen-bond acceptors (Lipinski definition) is 4. The van der Waals surface area contributed by atoms with Crippen LogP contribution in [0.1, 0.15) is 23.2 Å². The van der Waals surface area contributed by atoms with Crippen LogP contribution in [0.4, 0.5) is 0 Å². The van der Waals surface area contributed by atoms with Gasteiger partial charge in [-0.15, -0.1) is 0 Å². The smallest absolute Gasteiger partial charge is 0.215 e. The molecule has 0 aliphatic carbocycles. The number of fused-ring (bicyclic) bond motifs is 1. The third-order valence-corrected chi connectivity index (χ3v) is 5.29. The molecule has 0 fully saturated rings. The van der Waals surface area contributed by atoms with E-state index in [2.05, 4.69) is 14.8 Å². The molecule has 0 aliphatic heterocycles. The Hall–Kier alpha value is -1.96. The molecule has 1 N–H and O–H groups in total. The zero-order chi connectivity index (χ0) is 17.9. The molecule has 0 spiro atoms. The lowest BCUT2D eigenvalue weighted by Gasteiger charge is -2.07. The van der Waals surface area contributed by atoms with Crippen LogP contribution in [0.5, 0.6) is 0 Å². The van der Waals surface area contributed by atoms with Crippen molar-refractivity contribution in [3.63, 3.8) is 0 Å². The van der Waals surface area contributed by atoms with Gasteiger partial charge in [0.1, 0.15) is 0 Å². The van der Waals surface area contributed by atoms with Gasteiger partial charge in [-0.3, -0.25) is 0 Å². The highest BCUT2D eigenvalue weighted by Crippen LogP contribution is 2.13. The van der Waals surface area contributed by atoms with E-state index in [1.54, 1.807) is 35.0 Å². The summed E-state index contributed by atoms with van der Waals surface area (Å²) in [6.07, 6.45) is 5.14. The molecule has 6 nitrogen and oxygen atoms in total. The zero-order valence-corrected chi connectivity index (χ0v) is 15.4. The van der Waals surface area contributed by atoms with Crippen LogP contribution >= 0.6 is 11.6 Å². The highest BCUT2D eigenvalue weighted by molar-refractivity contribution is 7.88. The zero-order valence-electron chi connectivity index (χ0n) is 13.8. The fourth-order valence-corrected chi connectivity index (χ4v) is 3.97. The number of hydrogen-bond donors (Lipinski definition) is 1. The van der Waals surface area contributed by atoms with E-state index in [9.17, 15) is 8.42 Å². The molecule has 0 bridgehead atoms. The van der Waals surface area contributed by atoms with Gasteiger partial charge in [0, 0.05) is 30.0 Å². The molecule has 0 atom stereocenters. The SMILES string of the molecule is Cc1cc2ncc(CCCNS(=O)(=O)Cc3cccc(Cl)c3)cn2n1. The third-order valence-electron chi connectivity index (χ3n) is 3.70. The van der Waals surface area contributed by atoms with Gasteiger partial charge in [0.05, 0.1) is 11.4 Å². The average Bonchev–Trinajstić information content (AvgIpc) is 2.90. The van der Waals surface area contributed by atoms with E-state index in [4.69, 9.17) is 11.6 Å². The number of benzene rings is 1. The van der Waals surface area contributed by atoms with E-state index >= 15 is 0 Å². The minimum atomic E-state index is -3.38. The highest BCUT2D eigenvalue weighted by atomic mass is 35.5. The molecular formula is C17H19ClN4O2S. The summed E-state index contributed by atoms with van der Waals surface area (Å²) in [5, 5.41) is 4.86. The summed E-state index contributed by atoms with van der Waals surface area (Å²) >= 11 is 5.88. The molecule has 8 heteroatoms. The number of sulfonamides is 1. The fourth-order valence-electron chi connectivity index (χ4n) is 2.58. The summed E-state index contributed by atoms with van der Waals surface area (Å²) in [5.41, 5.74) is 3.41. The van der Waals surface area contributed by atoms with E-state index < -0.39 is 10.0 Å². The Balaban J connectivity index is 1.51. The van der Waals surface area contributed by atoms with Crippen LogP contribution in [0, 0.1) is 6.92 Å². The van der Waals surface area contributed by atoms with E-state index in [1.807, 2.05) is 19.2 Å². The van der Waals surface area contributed by atoms with Crippen molar-refractivity contribution in [1.29, 1.82) is 0 Å². The lowest BCUT2D eigenvalue weighted by Crippen LogP contribution is -2.26. The topological polar surface area (TPSA) is 76.4 Å². The number of rotatable bonds is 7. The van der Waals surface area contributed by atoms with E-state index in [0.717, 1.165) is 23.3 Å². The van der Waals surface area contributed by atoms with Gasteiger partial charge in [0.25, 0.3) is 0 Å². The van der Waals surface area contributed by atoms with Crippen molar-refractivity contribution in [2.24, 2.45) is 0 Å². The van der Waals surface area contributed by atoms with Crippen LogP contribution in [0.15, 0.2) is 42.7 Å². The molecule has 2 aromatic heterocycles. The normalized spacial score (nSPS) is 11.9. The lowest BCUT2D eigenvalue weighted by molar-refractivity contribution is 0.578. The van der Waals surface area contributed by atoms with Crippen LogP contribution in [0.25, 0.3) is 5.65 Å². The molecule has 1 aromatic carbocycles. The molecule has 0 aliphatic rings. The van der Waals surface area contributed by atoms with Crippen LogP contribution in [-0.4, -0.2) is 29.6 Å². The van der Waals surface area contributed by atoms with Gasteiger partial charge in [-0.25, -0.2) is 22.6 Å². The van der Waals surface area contributed by atoms with Crippen LogP contribution in [0.2, 0.25) is 5.02 Å². The summed E-state index contributed by atoms with van der Waals surface area (Å²) in [7, 11) is -3.38. The second-order valence-corrected chi connectivity index (χ2v) is 8.18. The van der Waals surface area contributed by atoms with Crippen molar-refractivity contribution < 1.29 is 8.42 Å². The van der Waals surface area contributed by atoms with Crippen molar-refractivity contribution in [3.05, 3.63) is 64.6 Å². The number of aryl methyl sites for hydroxylation is 2. The molecule has 0 saturated carbocycles. The first-order chi connectivity index (χ1) is 11.9. The number of aromatic nitrogens is 3. The standard InChI is InChI=1S/C17H19ClN4O2S/c1-13-8-17-19-10-15(11-22(17)21-13)5-3-7-20-25(23,24)12-14-4-2-6-16(18)9-14/h2,4,6,8-11,20H,3,5,7,12H2,1H3. The molecule has 3 rings (SSSR count). The second kappa shape index (κ2) is 7.51. The van der Waals surface area contributed by atoms with E-state index in [-0.39, 0.29) is 5.75 Å². The minimum absolute atomic E-state index is 0.0758. The molecule has 0 unspecified atom stereocenters. The van der Waals surface area contributed by atoms with Crippen LogP contribution < -0.4 is 4.72 Å². The molecule has 132 valence electrons. The summed E-state index contributed by atoms with van der Waals surface area (Å²) in [4.78, 5) is 4.34. The van der Waals surface area contributed by atoms with Gasteiger partial charge >= 0.3 is 0 Å².